The number of rotatable bonds is 4. The van der Waals surface area contributed by atoms with Crippen molar-refractivity contribution in [2.45, 2.75) is 6.04 Å². The predicted octanol–water partition coefficient (Wildman–Crippen LogP) is 1.03. The average Bonchev–Trinajstić information content (AvgIpc) is 2.46. The van der Waals surface area contributed by atoms with Crippen molar-refractivity contribution in [3.8, 4) is 0 Å². The molecule has 0 aliphatic rings. The van der Waals surface area contributed by atoms with Crippen molar-refractivity contribution in [1.82, 2.24) is 15.5 Å². The van der Waals surface area contributed by atoms with Gasteiger partial charge in [0.05, 0.1) is 18.0 Å². The van der Waals surface area contributed by atoms with Crippen LogP contribution in [0.15, 0.2) is 48.8 Å². The molecule has 0 aliphatic heterocycles. The van der Waals surface area contributed by atoms with Gasteiger partial charge in [-0.2, -0.15) is 10.2 Å². The summed E-state index contributed by atoms with van der Waals surface area (Å²) in [6.07, 6.45) is 2.65. The van der Waals surface area contributed by atoms with Crippen molar-refractivity contribution in [2.24, 2.45) is 0 Å². The minimum atomic E-state index is -1.12. The molecule has 0 saturated carbocycles. The average molecular weight is 257 g/mol. The van der Waals surface area contributed by atoms with Gasteiger partial charge in [-0.15, -0.1) is 0 Å². The Balaban J connectivity index is 2.19. The monoisotopic (exact) mass is 257 g/mol. The third-order valence-electron chi connectivity index (χ3n) is 2.50. The molecule has 0 unspecified atom stereocenters. The van der Waals surface area contributed by atoms with Crippen molar-refractivity contribution in [1.29, 1.82) is 0 Å². The molecule has 2 rings (SSSR count). The van der Waals surface area contributed by atoms with Crippen molar-refractivity contribution >= 4 is 11.9 Å². The zero-order valence-corrected chi connectivity index (χ0v) is 9.85. The van der Waals surface area contributed by atoms with Crippen LogP contribution in [0.4, 0.5) is 0 Å². The molecule has 6 heteroatoms. The summed E-state index contributed by atoms with van der Waals surface area (Å²) in [5.74, 6) is -1.63. The van der Waals surface area contributed by atoms with Gasteiger partial charge in [-0.1, -0.05) is 30.3 Å². The number of nitrogens with one attached hydrogen (secondary N) is 1. The van der Waals surface area contributed by atoms with E-state index in [2.05, 4.69) is 15.5 Å². The molecule has 1 heterocycles. The number of aliphatic carboxylic acids is 1. The number of carboxylic acids is 1. The topological polar surface area (TPSA) is 92.2 Å². The molecule has 2 N–H and O–H groups in total. The molecule has 1 aromatic heterocycles. The molecule has 0 saturated heterocycles. The van der Waals surface area contributed by atoms with Crippen molar-refractivity contribution in [3.63, 3.8) is 0 Å². The van der Waals surface area contributed by atoms with Crippen LogP contribution in [-0.4, -0.2) is 27.2 Å². The van der Waals surface area contributed by atoms with E-state index in [1.807, 2.05) is 0 Å². The van der Waals surface area contributed by atoms with Crippen LogP contribution in [0.1, 0.15) is 22.0 Å². The van der Waals surface area contributed by atoms with Crippen LogP contribution in [0.3, 0.4) is 0 Å². The molecule has 0 bridgehead atoms. The quantitative estimate of drug-likeness (QED) is 0.853. The lowest BCUT2D eigenvalue weighted by atomic mass is 10.1. The van der Waals surface area contributed by atoms with E-state index >= 15 is 0 Å². The Kier molecular flexibility index (Phi) is 3.82. The van der Waals surface area contributed by atoms with Gasteiger partial charge in [-0.25, -0.2) is 4.79 Å². The van der Waals surface area contributed by atoms with Crippen LogP contribution < -0.4 is 5.32 Å². The lowest BCUT2D eigenvalue weighted by Crippen LogP contribution is -2.33. The van der Waals surface area contributed by atoms with Gasteiger partial charge in [0.15, 0.2) is 6.04 Å². The first-order valence-corrected chi connectivity index (χ1v) is 5.54. The number of nitrogens with zero attached hydrogens (tertiary/aromatic N) is 2. The van der Waals surface area contributed by atoms with Crippen LogP contribution in [0.25, 0.3) is 0 Å². The van der Waals surface area contributed by atoms with E-state index < -0.39 is 17.9 Å². The van der Waals surface area contributed by atoms with Crippen molar-refractivity contribution in [3.05, 3.63) is 59.9 Å². The van der Waals surface area contributed by atoms with E-state index in [-0.39, 0.29) is 5.56 Å². The normalized spacial score (nSPS) is 11.6. The Morgan fingerprint density at radius 2 is 1.84 bits per heavy atom. The first-order valence-electron chi connectivity index (χ1n) is 5.54. The van der Waals surface area contributed by atoms with Crippen LogP contribution in [0, 0.1) is 0 Å². The molecular formula is C13H11N3O3. The van der Waals surface area contributed by atoms with Gasteiger partial charge < -0.3 is 10.4 Å². The predicted molar refractivity (Wildman–Crippen MR) is 66.3 cm³/mol. The molecule has 0 spiro atoms. The maximum Gasteiger partial charge on any atom is 0.330 e. The van der Waals surface area contributed by atoms with Gasteiger partial charge in [0.1, 0.15) is 0 Å². The lowest BCUT2D eigenvalue weighted by Gasteiger charge is -2.14. The second kappa shape index (κ2) is 5.72. The van der Waals surface area contributed by atoms with Gasteiger partial charge in [0.2, 0.25) is 0 Å². The largest absolute Gasteiger partial charge is 0.479 e. The van der Waals surface area contributed by atoms with E-state index in [0.29, 0.717) is 5.56 Å². The highest BCUT2D eigenvalue weighted by atomic mass is 16.4. The van der Waals surface area contributed by atoms with Gasteiger partial charge >= 0.3 is 5.97 Å². The Labute approximate surface area is 109 Å². The third-order valence-corrected chi connectivity index (χ3v) is 2.50. The standard InChI is InChI=1S/C13H11N3O3/c17-12(10-6-7-14-15-8-10)16-11(13(18)19)9-4-2-1-3-5-9/h1-8,11H,(H,16,17)(H,18,19)/t11-/m0/s1. The second-order valence-electron chi connectivity index (χ2n) is 3.79. The van der Waals surface area contributed by atoms with Crippen molar-refractivity contribution < 1.29 is 14.7 Å². The summed E-state index contributed by atoms with van der Waals surface area (Å²) in [6.45, 7) is 0. The van der Waals surface area contributed by atoms with Gasteiger partial charge in [-0.3, -0.25) is 4.79 Å². The number of amides is 1. The van der Waals surface area contributed by atoms with Crippen LogP contribution in [-0.2, 0) is 4.79 Å². The number of carbonyl (C=O) groups is 2. The van der Waals surface area contributed by atoms with Gasteiger partial charge in [0, 0.05) is 0 Å². The van der Waals surface area contributed by atoms with E-state index in [9.17, 15) is 14.7 Å². The molecule has 2 aromatic rings. The molecule has 1 amide bonds. The highest BCUT2D eigenvalue weighted by Crippen LogP contribution is 2.13. The zero-order chi connectivity index (χ0) is 13.7. The molecule has 0 radical (unpaired) electrons. The summed E-state index contributed by atoms with van der Waals surface area (Å²) < 4.78 is 0. The fourth-order valence-corrected chi connectivity index (χ4v) is 1.57. The number of carbonyl (C=O) groups excluding carboxylic acids is 1. The van der Waals surface area contributed by atoms with Crippen LogP contribution >= 0.6 is 0 Å². The highest BCUT2D eigenvalue weighted by Gasteiger charge is 2.22. The Hall–Kier alpha value is -2.76. The molecule has 1 atom stereocenters. The lowest BCUT2D eigenvalue weighted by molar-refractivity contribution is -0.139. The van der Waals surface area contributed by atoms with E-state index in [1.54, 1.807) is 30.3 Å². The molecular weight excluding hydrogens is 246 g/mol. The maximum atomic E-state index is 11.9. The summed E-state index contributed by atoms with van der Waals surface area (Å²) in [5.41, 5.74) is 0.766. The van der Waals surface area contributed by atoms with Crippen LogP contribution in [0.5, 0.6) is 0 Å². The Bertz CT molecular complexity index is 572. The first-order chi connectivity index (χ1) is 9.18. The van der Waals surface area contributed by atoms with E-state index in [0.717, 1.165) is 0 Å². The summed E-state index contributed by atoms with van der Waals surface area (Å²) in [7, 11) is 0. The smallest absolute Gasteiger partial charge is 0.330 e. The first kappa shape index (κ1) is 12.7. The number of carboxylic acid groups (broad SMARTS) is 1. The van der Waals surface area contributed by atoms with Crippen molar-refractivity contribution in [2.75, 3.05) is 0 Å². The summed E-state index contributed by atoms with van der Waals surface area (Å²) in [6, 6.07) is 8.86. The minimum absolute atomic E-state index is 0.261. The fourth-order valence-electron chi connectivity index (χ4n) is 1.57. The maximum absolute atomic E-state index is 11.9. The van der Waals surface area contributed by atoms with E-state index in [1.165, 1.54) is 18.5 Å². The number of hydrogen-bond acceptors (Lipinski definition) is 4. The molecule has 6 nitrogen and oxygen atoms in total. The summed E-state index contributed by atoms with van der Waals surface area (Å²) in [5, 5.41) is 18.7. The Morgan fingerprint density at radius 1 is 1.11 bits per heavy atom. The zero-order valence-electron chi connectivity index (χ0n) is 9.85. The summed E-state index contributed by atoms with van der Waals surface area (Å²) >= 11 is 0. The SMILES string of the molecule is O=C(N[C@H](C(=O)O)c1ccccc1)c1ccnnc1. The third kappa shape index (κ3) is 3.12. The fraction of sp³-hybridized carbons (Fsp3) is 0.0769. The number of aromatic nitrogens is 2. The van der Waals surface area contributed by atoms with E-state index in [4.69, 9.17) is 0 Å². The highest BCUT2D eigenvalue weighted by molar-refractivity contribution is 5.96. The molecule has 0 fully saturated rings. The molecule has 19 heavy (non-hydrogen) atoms. The Morgan fingerprint density at radius 3 is 2.42 bits per heavy atom. The molecule has 1 aromatic carbocycles. The second-order valence-corrected chi connectivity index (χ2v) is 3.79. The summed E-state index contributed by atoms with van der Waals surface area (Å²) in [4.78, 5) is 23.1. The van der Waals surface area contributed by atoms with Gasteiger partial charge in [-0.05, 0) is 11.6 Å². The van der Waals surface area contributed by atoms with Crippen LogP contribution in [0.2, 0.25) is 0 Å². The number of hydrogen-bond donors (Lipinski definition) is 2. The number of benzene rings is 1. The van der Waals surface area contributed by atoms with Gasteiger partial charge in [0.25, 0.3) is 5.91 Å². The minimum Gasteiger partial charge on any atom is -0.479 e. The molecule has 0 aliphatic carbocycles. The molecule has 96 valence electrons.